The number of carbonyl (C=O) groups is 1. The molecule has 4 rings (SSSR count). The van der Waals surface area contributed by atoms with Crippen LogP contribution < -0.4 is 4.90 Å². The fraction of sp³-hybridized carbons (Fsp3) is 0.348. The Bertz CT molecular complexity index is 927. The number of nitrogens with zero attached hydrogens (tertiary/aromatic N) is 4. The first-order valence-electron chi connectivity index (χ1n) is 10.3. The highest BCUT2D eigenvalue weighted by Crippen LogP contribution is 2.22. The molecular formula is C23H26N4O2S. The Labute approximate surface area is 181 Å². The molecule has 2 heterocycles. The van der Waals surface area contributed by atoms with Crippen molar-refractivity contribution in [2.45, 2.75) is 19.4 Å². The Balaban J connectivity index is 1.45. The molecule has 156 valence electrons. The van der Waals surface area contributed by atoms with Crippen LogP contribution >= 0.6 is 11.5 Å². The Kier molecular flexibility index (Phi) is 7.05. The lowest BCUT2D eigenvalue weighted by atomic mass is 10.1. The Morgan fingerprint density at radius 1 is 1.00 bits per heavy atom. The van der Waals surface area contributed by atoms with E-state index in [-0.39, 0.29) is 5.91 Å². The number of hydrogen-bond acceptors (Lipinski definition) is 6. The SMILES string of the molecule is O=C(CCN(Cc1ccccc1)c1nc(Cc2ccccc2)ns1)N1CCOCC1. The summed E-state index contributed by atoms with van der Waals surface area (Å²) in [7, 11) is 0. The number of rotatable bonds is 8. The molecule has 0 spiro atoms. The standard InChI is InChI=1S/C23H26N4O2S/c28-22(26-13-15-29-16-14-26)11-12-27(18-20-9-5-2-6-10-20)23-24-21(25-30-23)17-19-7-3-1-4-8-19/h1-10H,11-18H2. The van der Waals surface area contributed by atoms with Gasteiger partial charge in [0.2, 0.25) is 11.0 Å². The van der Waals surface area contributed by atoms with E-state index in [2.05, 4.69) is 33.5 Å². The molecule has 1 aromatic heterocycles. The topological polar surface area (TPSA) is 58.6 Å². The normalized spacial score (nSPS) is 13.9. The van der Waals surface area contributed by atoms with E-state index >= 15 is 0 Å². The van der Waals surface area contributed by atoms with Gasteiger partial charge in [0.05, 0.1) is 13.2 Å². The summed E-state index contributed by atoms with van der Waals surface area (Å²) in [5.41, 5.74) is 2.38. The predicted octanol–water partition coefficient (Wildman–Crippen LogP) is 3.38. The van der Waals surface area contributed by atoms with Crippen LogP contribution in [0.15, 0.2) is 60.7 Å². The molecule has 3 aromatic rings. The average molecular weight is 423 g/mol. The first kappa shape index (κ1) is 20.5. The lowest BCUT2D eigenvalue weighted by Crippen LogP contribution is -2.42. The van der Waals surface area contributed by atoms with Crippen LogP contribution in [-0.4, -0.2) is 53.0 Å². The first-order chi connectivity index (χ1) is 14.8. The average Bonchev–Trinajstić information content (AvgIpc) is 3.26. The first-order valence-corrected chi connectivity index (χ1v) is 11.1. The molecule has 2 aromatic carbocycles. The number of ether oxygens (including phenoxy) is 1. The van der Waals surface area contributed by atoms with Gasteiger partial charge in [-0.15, -0.1) is 0 Å². The summed E-state index contributed by atoms with van der Waals surface area (Å²) < 4.78 is 9.92. The van der Waals surface area contributed by atoms with Crippen molar-refractivity contribution in [2.75, 3.05) is 37.7 Å². The van der Waals surface area contributed by atoms with E-state index in [1.54, 1.807) is 0 Å². The minimum absolute atomic E-state index is 0.172. The molecule has 30 heavy (non-hydrogen) atoms. The van der Waals surface area contributed by atoms with Gasteiger partial charge in [0, 0.05) is 50.6 Å². The Morgan fingerprint density at radius 3 is 2.37 bits per heavy atom. The molecule has 0 N–H and O–H groups in total. The zero-order valence-electron chi connectivity index (χ0n) is 16.9. The number of aromatic nitrogens is 2. The zero-order valence-corrected chi connectivity index (χ0v) is 17.8. The van der Waals surface area contributed by atoms with E-state index in [0.29, 0.717) is 52.2 Å². The van der Waals surface area contributed by atoms with Crippen molar-refractivity contribution in [3.63, 3.8) is 0 Å². The minimum Gasteiger partial charge on any atom is -0.378 e. The van der Waals surface area contributed by atoms with Gasteiger partial charge in [0.15, 0.2) is 0 Å². The molecule has 0 bridgehead atoms. The Hall–Kier alpha value is -2.77. The maximum atomic E-state index is 12.6. The summed E-state index contributed by atoms with van der Waals surface area (Å²) >= 11 is 1.40. The third-order valence-corrected chi connectivity index (χ3v) is 5.92. The minimum atomic E-state index is 0.172. The summed E-state index contributed by atoms with van der Waals surface area (Å²) in [6, 6.07) is 20.5. The second-order valence-electron chi connectivity index (χ2n) is 7.31. The molecule has 1 amide bonds. The molecule has 6 nitrogen and oxygen atoms in total. The van der Waals surface area contributed by atoms with Crippen LogP contribution in [0.5, 0.6) is 0 Å². The molecule has 0 radical (unpaired) electrons. The molecule has 0 saturated carbocycles. The summed E-state index contributed by atoms with van der Waals surface area (Å²) in [5, 5.41) is 0.861. The van der Waals surface area contributed by atoms with E-state index in [4.69, 9.17) is 9.72 Å². The molecule has 0 unspecified atom stereocenters. The van der Waals surface area contributed by atoms with Gasteiger partial charge in [-0.25, -0.2) is 4.98 Å². The van der Waals surface area contributed by atoms with Crippen LogP contribution in [0.25, 0.3) is 0 Å². The van der Waals surface area contributed by atoms with E-state index in [1.807, 2.05) is 41.3 Å². The van der Waals surface area contributed by atoms with Gasteiger partial charge in [-0.2, -0.15) is 4.37 Å². The van der Waals surface area contributed by atoms with Crippen LogP contribution in [0, 0.1) is 0 Å². The van der Waals surface area contributed by atoms with E-state index in [1.165, 1.54) is 22.7 Å². The van der Waals surface area contributed by atoms with Crippen LogP contribution in [0.4, 0.5) is 5.13 Å². The lowest BCUT2D eigenvalue weighted by Gasteiger charge is -2.28. The van der Waals surface area contributed by atoms with Crippen LogP contribution in [0.2, 0.25) is 0 Å². The summed E-state index contributed by atoms with van der Waals surface area (Å²) in [6.45, 7) is 3.93. The smallest absolute Gasteiger partial charge is 0.224 e. The molecule has 1 aliphatic rings. The van der Waals surface area contributed by atoms with E-state index in [9.17, 15) is 4.79 Å². The van der Waals surface area contributed by atoms with Gasteiger partial charge in [-0.1, -0.05) is 60.7 Å². The second-order valence-corrected chi connectivity index (χ2v) is 8.04. The third kappa shape index (κ3) is 5.64. The second kappa shape index (κ2) is 10.3. The van der Waals surface area contributed by atoms with Crippen molar-refractivity contribution in [1.82, 2.24) is 14.3 Å². The fourth-order valence-electron chi connectivity index (χ4n) is 3.47. The molecule has 7 heteroatoms. The van der Waals surface area contributed by atoms with Crippen molar-refractivity contribution < 1.29 is 9.53 Å². The molecule has 1 fully saturated rings. The van der Waals surface area contributed by atoms with Crippen molar-refractivity contribution in [1.29, 1.82) is 0 Å². The summed E-state index contributed by atoms with van der Waals surface area (Å²) in [6.07, 6.45) is 1.17. The maximum absolute atomic E-state index is 12.6. The van der Waals surface area contributed by atoms with Crippen molar-refractivity contribution in [3.8, 4) is 0 Å². The van der Waals surface area contributed by atoms with Crippen LogP contribution in [-0.2, 0) is 22.5 Å². The summed E-state index contributed by atoms with van der Waals surface area (Å²) in [5.74, 6) is 0.990. The largest absolute Gasteiger partial charge is 0.378 e. The third-order valence-electron chi connectivity index (χ3n) is 5.11. The van der Waals surface area contributed by atoms with E-state index < -0.39 is 0 Å². The number of amides is 1. The van der Waals surface area contributed by atoms with Crippen LogP contribution in [0.1, 0.15) is 23.4 Å². The van der Waals surface area contributed by atoms with Crippen molar-refractivity contribution in [3.05, 3.63) is 77.6 Å². The van der Waals surface area contributed by atoms with Gasteiger partial charge >= 0.3 is 0 Å². The highest BCUT2D eigenvalue weighted by Gasteiger charge is 2.20. The quantitative estimate of drug-likeness (QED) is 0.557. The van der Waals surface area contributed by atoms with Gasteiger partial charge in [0.25, 0.3) is 0 Å². The van der Waals surface area contributed by atoms with Gasteiger partial charge in [-0.05, 0) is 11.1 Å². The Morgan fingerprint density at radius 2 is 1.67 bits per heavy atom. The highest BCUT2D eigenvalue weighted by atomic mass is 32.1. The van der Waals surface area contributed by atoms with Crippen LogP contribution in [0.3, 0.4) is 0 Å². The van der Waals surface area contributed by atoms with Crippen molar-refractivity contribution in [2.24, 2.45) is 0 Å². The molecular weight excluding hydrogens is 396 g/mol. The number of benzene rings is 2. The fourth-order valence-corrected chi connectivity index (χ4v) is 4.18. The van der Waals surface area contributed by atoms with Gasteiger partial charge < -0.3 is 14.5 Å². The monoisotopic (exact) mass is 422 g/mol. The van der Waals surface area contributed by atoms with Gasteiger partial charge in [-0.3, -0.25) is 4.79 Å². The highest BCUT2D eigenvalue weighted by molar-refractivity contribution is 7.09. The lowest BCUT2D eigenvalue weighted by molar-refractivity contribution is -0.135. The number of carbonyl (C=O) groups excluding carboxylic acids is 1. The number of hydrogen-bond donors (Lipinski definition) is 0. The van der Waals surface area contributed by atoms with Crippen molar-refractivity contribution >= 4 is 22.6 Å². The van der Waals surface area contributed by atoms with E-state index in [0.717, 1.165) is 11.0 Å². The van der Waals surface area contributed by atoms with Gasteiger partial charge in [0.1, 0.15) is 5.82 Å². The molecule has 1 aliphatic heterocycles. The zero-order chi connectivity index (χ0) is 20.6. The summed E-state index contributed by atoms with van der Waals surface area (Å²) in [4.78, 5) is 21.5. The maximum Gasteiger partial charge on any atom is 0.224 e. The molecule has 1 saturated heterocycles. The molecule has 0 aliphatic carbocycles. The molecule has 0 atom stereocenters. The number of morpholine rings is 1. The number of anilines is 1. The predicted molar refractivity (Wildman–Crippen MR) is 119 cm³/mol.